The van der Waals surface area contributed by atoms with Gasteiger partial charge in [-0.2, -0.15) is 0 Å². The maximum Gasteiger partial charge on any atom is 0.192 e. The van der Waals surface area contributed by atoms with E-state index in [0.717, 1.165) is 44.2 Å². The number of carbonyl (C=O) groups is 1. The Bertz CT molecular complexity index is 612. The van der Waals surface area contributed by atoms with E-state index < -0.39 is 0 Å². The van der Waals surface area contributed by atoms with Crippen molar-refractivity contribution in [2.45, 2.75) is 51.0 Å². The van der Waals surface area contributed by atoms with Crippen LogP contribution in [0.15, 0.2) is 36.5 Å². The summed E-state index contributed by atoms with van der Waals surface area (Å²) in [4.78, 5) is 13.2. The van der Waals surface area contributed by atoms with Gasteiger partial charge in [-0.25, -0.2) is 4.68 Å². The Morgan fingerprint density at radius 3 is 2.62 bits per heavy atom. The van der Waals surface area contributed by atoms with Crippen LogP contribution in [0.3, 0.4) is 0 Å². The molecule has 0 spiro atoms. The molecular formula is C17H21N3O. The van der Waals surface area contributed by atoms with E-state index in [1.54, 1.807) is 10.9 Å². The van der Waals surface area contributed by atoms with Crippen LogP contribution in [0, 0.1) is 0 Å². The van der Waals surface area contributed by atoms with Gasteiger partial charge in [-0.05, 0) is 24.8 Å². The molecule has 0 atom stereocenters. The molecule has 0 aliphatic heterocycles. The molecule has 0 saturated heterocycles. The summed E-state index contributed by atoms with van der Waals surface area (Å²) in [6.45, 7) is 2.82. The van der Waals surface area contributed by atoms with Crippen LogP contribution >= 0.6 is 0 Å². The summed E-state index contributed by atoms with van der Waals surface area (Å²) >= 11 is 0. The van der Waals surface area contributed by atoms with E-state index in [-0.39, 0.29) is 11.2 Å². The SMILES string of the molecule is CCCn1nncc1C(=O)C1(c2ccccc2)CCCC1. The first-order valence-corrected chi connectivity index (χ1v) is 7.77. The zero-order valence-corrected chi connectivity index (χ0v) is 12.5. The Kier molecular flexibility index (Phi) is 3.86. The summed E-state index contributed by atoms with van der Waals surface area (Å²) in [5, 5.41) is 8.02. The van der Waals surface area contributed by atoms with Crippen LogP contribution in [-0.4, -0.2) is 20.8 Å². The number of Topliss-reactive ketones (excluding diaryl/α,β-unsaturated/α-hetero) is 1. The fourth-order valence-corrected chi connectivity index (χ4v) is 3.44. The average molecular weight is 283 g/mol. The minimum Gasteiger partial charge on any atom is -0.291 e. The third-order valence-corrected chi connectivity index (χ3v) is 4.50. The van der Waals surface area contributed by atoms with Crippen molar-refractivity contribution < 1.29 is 4.79 Å². The Hall–Kier alpha value is -1.97. The van der Waals surface area contributed by atoms with Crippen molar-refractivity contribution in [3.05, 3.63) is 47.8 Å². The van der Waals surface area contributed by atoms with Gasteiger partial charge in [0.2, 0.25) is 0 Å². The third kappa shape index (κ3) is 2.39. The van der Waals surface area contributed by atoms with E-state index >= 15 is 0 Å². The molecule has 110 valence electrons. The number of aromatic nitrogens is 3. The number of ketones is 1. The van der Waals surface area contributed by atoms with Gasteiger partial charge in [-0.3, -0.25) is 4.79 Å². The van der Waals surface area contributed by atoms with E-state index in [2.05, 4.69) is 29.4 Å². The second-order valence-electron chi connectivity index (χ2n) is 5.83. The largest absolute Gasteiger partial charge is 0.291 e. The van der Waals surface area contributed by atoms with Gasteiger partial charge in [0, 0.05) is 6.54 Å². The topological polar surface area (TPSA) is 47.8 Å². The molecular weight excluding hydrogens is 262 g/mol. The molecule has 4 heteroatoms. The molecule has 0 radical (unpaired) electrons. The first-order chi connectivity index (χ1) is 10.3. The predicted molar refractivity (Wildman–Crippen MR) is 81.2 cm³/mol. The van der Waals surface area contributed by atoms with E-state index in [4.69, 9.17) is 0 Å². The molecule has 0 unspecified atom stereocenters. The molecule has 1 aromatic carbocycles. The average Bonchev–Trinajstić information content (AvgIpc) is 3.18. The molecule has 0 amide bonds. The number of aryl methyl sites for hydroxylation is 1. The van der Waals surface area contributed by atoms with Crippen molar-refractivity contribution >= 4 is 5.78 Å². The summed E-state index contributed by atoms with van der Waals surface area (Å²) in [6.07, 6.45) is 6.63. The van der Waals surface area contributed by atoms with Gasteiger partial charge < -0.3 is 0 Å². The van der Waals surface area contributed by atoms with Gasteiger partial charge in [-0.1, -0.05) is 55.3 Å². The molecule has 2 aromatic rings. The Labute approximate surface area is 125 Å². The van der Waals surface area contributed by atoms with Crippen LogP contribution in [0.2, 0.25) is 0 Å². The number of carbonyl (C=O) groups excluding carboxylic acids is 1. The van der Waals surface area contributed by atoms with Crippen LogP contribution in [0.25, 0.3) is 0 Å². The Morgan fingerprint density at radius 2 is 1.95 bits per heavy atom. The van der Waals surface area contributed by atoms with Crippen molar-refractivity contribution in [2.24, 2.45) is 0 Å². The fourth-order valence-electron chi connectivity index (χ4n) is 3.44. The first kappa shape index (κ1) is 14.0. The van der Waals surface area contributed by atoms with E-state index in [1.807, 2.05) is 18.2 Å². The molecule has 0 bridgehead atoms. The maximum atomic E-state index is 13.2. The van der Waals surface area contributed by atoms with Crippen LogP contribution in [0.5, 0.6) is 0 Å². The number of nitrogens with zero attached hydrogens (tertiary/aromatic N) is 3. The highest BCUT2D eigenvalue weighted by Crippen LogP contribution is 2.43. The zero-order chi connectivity index (χ0) is 14.7. The molecule has 4 nitrogen and oxygen atoms in total. The van der Waals surface area contributed by atoms with Crippen molar-refractivity contribution in [2.75, 3.05) is 0 Å². The molecule has 0 N–H and O–H groups in total. The van der Waals surface area contributed by atoms with Gasteiger partial charge >= 0.3 is 0 Å². The summed E-state index contributed by atoms with van der Waals surface area (Å²) in [7, 11) is 0. The van der Waals surface area contributed by atoms with E-state index in [0.29, 0.717) is 5.69 Å². The lowest BCUT2D eigenvalue weighted by atomic mass is 9.74. The number of hydrogen-bond acceptors (Lipinski definition) is 3. The van der Waals surface area contributed by atoms with Crippen LogP contribution < -0.4 is 0 Å². The van der Waals surface area contributed by atoms with Gasteiger partial charge in [0.1, 0.15) is 5.69 Å². The monoisotopic (exact) mass is 283 g/mol. The summed E-state index contributed by atoms with van der Waals surface area (Å²) in [6, 6.07) is 10.2. The second kappa shape index (κ2) is 5.80. The highest BCUT2D eigenvalue weighted by molar-refractivity contribution is 6.02. The van der Waals surface area contributed by atoms with Crippen LogP contribution in [-0.2, 0) is 12.0 Å². The van der Waals surface area contributed by atoms with Gasteiger partial charge in [-0.15, -0.1) is 5.10 Å². The molecule has 1 aromatic heterocycles. The lowest BCUT2D eigenvalue weighted by Crippen LogP contribution is -2.34. The van der Waals surface area contributed by atoms with Crippen LogP contribution in [0.4, 0.5) is 0 Å². The number of rotatable bonds is 5. The molecule has 1 heterocycles. The minimum absolute atomic E-state index is 0.185. The molecule has 1 aliphatic carbocycles. The van der Waals surface area contributed by atoms with Crippen molar-refractivity contribution in [1.29, 1.82) is 0 Å². The third-order valence-electron chi connectivity index (χ3n) is 4.50. The lowest BCUT2D eigenvalue weighted by Gasteiger charge is -2.28. The predicted octanol–water partition coefficient (Wildman–Crippen LogP) is 3.38. The quantitative estimate of drug-likeness (QED) is 0.790. The summed E-state index contributed by atoms with van der Waals surface area (Å²) in [5.74, 6) is 0.185. The highest BCUT2D eigenvalue weighted by Gasteiger charge is 2.44. The summed E-state index contributed by atoms with van der Waals surface area (Å²) < 4.78 is 1.76. The number of hydrogen-bond donors (Lipinski definition) is 0. The molecule has 21 heavy (non-hydrogen) atoms. The van der Waals surface area contributed by atoms with Gasteiger partial charge in [0.25, 0.3) is 0 Å². The smallest absolute Gasteiger partial charge is 0.192 e. The molecule has 1 saturated carbocycles. The summed E-state index contributed by atoms with van der Waals surface area (Å²) in [5.41, 5.74) is 1.41. The second-order valence-corrected chi connectivity index (χ2v) is 5.83. The highest BCUT2D eigenvalue weighted by atomic mass is 16.1. The lowest BCUT2D eigenvalue weighted by molar-refractivity contribution is 0.0874. The standard InChI is InChI=1S/C17H21N3O/c1-2-12-20-15(13-18-19-20)16(21)17(10-6-7-11-17)14-8-4-3-5-9-14/h3-5,8-9,13H,2,6-7,10-12H2,1H3. The van der Waals surface area contributed by atoms with Crippen molar-refractivity contribution in [3.8, 4) is 0 Å². The van der Waals surface area contributed by atoms with Crippen LogP contribution in [0.1, 0.15) is 55.1 Å². The van der Waals surface area contributed by atoms with Gasteiger partial charge in [0.05, 0.1) is 11.6 Å². The molecule has 1 aliphatic rings. The van der Waals surface area contributed by atoms with Crippen molar-refractivity contribution in [3.63, 3.8) is 0 Å². The maximum absolute atomic E-state index is 13.2. The fraction of sp³-hybridized carbons (Fsp3) is 0.471. The molecule has 3 rings (SSSR count). The van der Waals surface area contributed by atoms with Gasteiger partial charge in [0.15, 0.2) is 5.78 Å². The Balaban J connectivity index is 2.02. The van der Waals surface area contributed by atoms with Crippen molar-refractivity contribution in [1.82, 2.24) is 15.0 Å². The minimum atomic E-state index is -0.380. The Morgan fingerprint density at radius 1 is 1.24 bits per heavy atom. The molecule has 1 fully saturated rings. The first-order valence-electron chi connectivity index (χ1n) is 7.77. The normalized spacial score (nSPS) is 17.0. The number of benzene rings is 1. The zero-order valence-electron chi connectivity index (χ0n) is 12.5. The van der Waals surface area contributed by atoms with E-state index in [1.165, 1.54) is 0 Å². The van der Waals surface area contributed by atoms with E-state index in [9.17, 15) is 4.79 Å².